The molecule has 2 aromatic carbocycles. The summed E-state index contributed by atoms with van der Waals surface area (Å²) in [6.07, 6.45) is 2.76. The zero-order valence-electron chi connectivity index (χ0n) is 15.4. The van der Waals surface area contributed by atoms with Crippen molar-refractivity contribution in [1.29, 1.82) is 0 Å². The lowest BCUT2D eigenvalue weighted by Gasteiger charge is -2.20. The Bertz CT molecular complexity index is 692. The van der Waals surface area contributed by atoms with Crippen LogP contribution in [0.4, 0.5) is 0 Å². The molecule has 134 valence electrons. The minimum Gasteiger partial charge on any atom is -0.497 e. The first-order chi connectivity index (χ1) is 12.1. The largest absolute Gasteiger partial charge is 0.497 e. The van der Waals surface area contributed by atoms with Gasteiger partial charge in [0.15, 0.2) is 5.78 Å². The Morgan fingerprint density at radius 3 is 2.12 bits per heavy atom. The molecule has 0 bridgehead atoms. The second kappa shape index (κ2) is 9.11. The van der Waals surface area contributed by atoms with Crippen LogP contribution in [0.1, 0.15) is 48.0 Å². The molecule has 0 aliphatic carbocycles. The first-order valence-electron chi connectivity index (χ1n) is 8.54. The van der Waals surface area contributed by atoms with Gasteiger partial charge < -0.3 is 14.2 Å². The molecule has 25 heavy (non-hydrogen) atoms. The molecular weight excluding hydrogens is 316 g/mol. The molecule has 4 heteroatoms. The third kappa shape index (κ3) is 4.53. The number of Topliss-reactive ketones (excluding diaryl/α,β-unsaturated/α-hetero) is 1. The number of ketones is 1. The lowest BCUT2D eigenvalue weighted by molar-refractivity contribution is 0.0952. The van der Waals surface area contributed by atoms with Crippen molar-refractivity contribution in [3.63, 3.8) is 0 Å². The Labute approximate surface area is 149 Å². The lowest BCUT2D eigenvalue weighted by atomic mass is 9.86. The highest BCUT2D eigenvalue weighted by Crippen LogP contribution is 2.35. The minimum absolute atomic E-state index is 0.0858. The number of unbranched alkanes of at least 4 members (excludes halogenated alkanes) is 1. The van der Waals surface area contributed by atoms with E-state index in [0.717, 1.165) is 36.3 Å². The van der Waals surface area contributed by atoms with Gasteiger partial charge in [0.1, 0.15) is 17.2 Å². The van der Waals surface area contributed by atoms with Gasteiger partial charge in [-0.1, -0.05) is 19.8 Å². The van der Waals surface area contributed by atoms with Gasteiger partial charge in [0.25, 0.3) is 0 Å². The van der Waals surface area contributed by atoms with E-state index < -0.39 is 0 Å². The van der Waals surface area contributed by atoms with Gasteiger partial charge in [-0.25, -0.2) is 0 Å². The number of ether oxygens (including phenoxy) is 3. The average Bonchev–Trinajstić information content (AvgIpc) is 2.67. The third-order valence-electron chi connectivity index (χ3n) is 4.35. The summed E-state index contributed by atoms with van der Waals surface area (Å²) in [5, 5.41) is 0. The fourth-order valence-electron chi connectivity index (χ4n) is 2.90. The van der Waals surface area contributed by atoms with Crippen molar-refractivity contribution in [3.05, 3.63) is 53.6 Å². The highest BCUT2D eigenvalue weighted by atomic mass is 16.5. The second-order valence-corrected chi connectivity index (χ2v) is 5.90. The maximum Gasteiger partial charge on any atom is 0.170 e. The van der Waals surface area contributed by atoms with Crippen LogP contribution in [0.2, 0.25) is 0 Å². The molecule has 0 heterocycles. The maximum atomic E-state index is 13.2. The van der Waals surface area contributed by atoms with Gasteiger partial charge in [-0.05, 0) is 48.9 Å². The molecule has 0 spiro atoms. The topological polar surface area (TPSA) is 44.8 Å². The first-order valence-corrected chi connectivity index (χ1v) is 8.54. The predicted molar refractivity (Wildman–Crippen MR) is 99.1 cm³/mol. The molecule has 0 aliphatic heterocycles. The second-order valence-electron chi connectivity index (χ2n) is 5.90. The highest BCUT2D eigenvalue weighted by Gasteiger charge is 2.25. The SMILES string of the molecule is CCCCC(C(=O)c1ccc(OC)cc1)c1cc(OC)ccc1OC. The van der Waals surface area contributed by atoms with E-state index in [1.807, 2.05) is 42.5 Å². The van der Waals surface area contributed by atoms with Crippen molar-refractivity contribution < 1.29 is 19.0 Å². The molecule has 0 amide bonds. The molecule has 2 rings (SSSR count). The Hall–Kier alpha value is -2.49. The van der Waals surface area contributed by atoms with E-state index in [4.69, 9.17) is 14.2 Å². The summed E-state index contributed by atoms with van der Waals surface area (Å²) in [6, 6.07) is 12.9. The molecule has 0 N–H and O–H groups in total. The zero-order valence-corrected chi connectivity index (χ0v) is 15.4. The number of carbonyl (C=O) groups excluding carboxylic acids is 1. The van der Waals surface area contributed by atoms with Crippen molar-refractivity contribution in [2.45, 2.75) is 32.1 Å². The fourth-order valence-corrected chi connectivity index (χ4v) is 2.90. The van der Waals surface area contributed by atoms with Crippen LogP contribution in [-0.2, 0) is 0 Å². The monoisotopic (exact) mass is 342 g/mol. The van der Waals surface area contributed by atoms with Gasteiger partial charge in [-0.15, -0.1) is 0 Å². The van der Waals surface area contributed by atoms with E-state index in [2.05, 4.69) is 6.92 Å². The summed E-state index contributed by atoms with van der Waals surface area (Å²) >= 11 is 0. The summed E-state index contributed by atoms with van der Waals surface area (Å²) in [4.78, 5) is 13.2. The molecule has 0 saturated carbocycles. The van der Waals surface area contributed by atoms with E-state index in [1.54, 1.807) is 21.3 Å². The van der Waals surface area contributed by atoms with Gasteiger partial charge in [0.2, 0.25) is 0 Å². The molecule has 0 aliphatic rings. The van der Waals surface area contributed by atoms with Crippen molar-refractivity contribution in [3.8, 4) is 17.2 Å². The number of hydrogen-bond donors (Lipinski definition) is 0. The fraction of sp³-hybridized carbons (Fsp3) is 0.381. The smallest absolute Gasteiger partial charge is 0.170 e. The third-order valence-corrected chi connectivity index (χ3v) is 4.35. The first kappa shape index (κ1) is 18.8. The van der Waals surface area contributed by atoms with Crippen LogP contribution < -0.4 is 14.2 Å². The molecule has 0 saturated heterocycles. The van der Waals surface area contributed by atoms with E-state index in [-0.39, 0.29) is 11.7 Å². The summed E-state index contributed by atoms with van der Waals surface area (Å²) in [6.45, 7) is 2.12. The van der Waals surface area contributed by atoms with E-state index in [9.17, 15) is 4.79 Å². The number of carbonyl (C=O) groups is 1. The molecule has 2 aromatic rings. The molecule has 1 unspecified atom stereocenters. The number of benzene rings is 2. The Kier molecular flexibility index (Phi) is 6.87. The Morgan fingerprint density at radius 1 is 0.920 bits per heavy atom. The standard InChI is InChI=1S/C21H26O4/c1-5-6-7-18(19-14-17(24-3)12-13-20(19)25-4)21(22)15-8-10-16(23-2)11-9-15/h8-14,18H,5-7H2,1-4H3. The number of methoxy groups -OCH3 is 3. The molecule has 4 nitrogen and oxygen atoms in total. The van der Waals surface area contributed by atoms with Crippen molar-refractivity contribution in [1.82, 2.24) is 0 Å². The van der Waals surface area contributed by atoms with Crippen molar-refractivity contribution in [2.75, 3.05) is 21.3 Å². The predicted octanol–water partition coefficient (Wildman–Crippen LogP) is 4.87. The summed E-state index contributed by atoms with van der Waals surface area (Å²) in [5.41, 5.74) is 1.54. The number of hydrogen-bond acceptors (Lipinski definition) is 4. The Balaban J connectivity index is 2.42. The lowest BCUT2D eigenvalue weighted by Crippen LogP contribution is -2.14. The van der Waals surface area contributed by atoms with Crippen LogP contribution in [-0.4, -0.2) is 27.1 Å². The molecule has 0 fully saturated rings. The summed E-state index contributed by atoms with van der Waals surface area (Å²) in [5.74, 6) is 1.99. The minimum atomic E-state index is -0.265. The average molecular weight is 342 g/mol. The van der Waals surface area contributed by atoms with Crippen molar-refractivity contribution in [2.24, 2.45) is 0 Å². The maximum absolute atomic E-state index is 13.2. The zero-order chi connectivity index (χ0) is 18.2. The summed E-state index contributed by atoms with van der Waals surface area (Å²) in [7, 11) is 4.86. The van der Waals surface area contributed by atoms with Gasteiger partial charge in [-0.3, -0.25) is 4.79 Å². The molecule has 0 aromatic heterocycles. The van der Waals surface area contributed by atoms with Crippen LogP contribution >= 0.6 is 0 Å². The normalized spacial score (nSPS) is 11.7. The molecular formula is C21H26O4. The molecule has 0 radical (unpaired) electrons. The van der Waals surface area contributed by atoms with Gasteiger partial charge in [0.05, 0.1) is 27.2 Å². The van der Waals surface area contributed by atoms with Crippen LogP contribution in [0.5, 0.6) is 17.2 Å². The van der Waals surface area contributed by atoms with Crippen LogP contribution in [0.15, 0.2) is 42.5 Å². The molecule has 1 atom stereocenters. The van der Waals surface area contributed by atoms with Gasteiger partial charge in [-0.2, -0.15) is 0 Å². The van der Waals surface area contributed by atoms with Crippen molar-refractivity contribution >= 4 is 5.78 Å². The van der Waals surface area contributed by atoms with E-state index in [0.29, 0.717) is 11.3 Å². The van der Waals surface area contributed by atoms with Crippen LogP contribution in [0, 0.1) is 0 Å². The Morgan fingerprint density at radius 2 is 1.56 bits per heavy atom. The number of rotatable bonds is 9. The quantitative estimate of drug-likeness (QED) is 0.610. The van der Waals surface area contributed by atoms with Gasteiger partial charge >= 0.3 is 0 Å². The highest BCUT2D eigenvalue weighted by molar-refractivity contribution is 6.01. The summed E-state index contributed by atoms with van der Waals surface area (Å²) < 4.78 is 16.0. The van der Waals surface area contributed by atoms with E-state index in [1.165, 1.54) is 0 Å². The van der Waals surface area contributed by atoms with E-state index >= 15 is 0 Å². The van der Waals surface area contributed by atoms with Gasteiger partial charge in [0, 0.05) is 11.1 Å². The van der Waals surface area contributed by atoms with Crippen LogP contribution in [0.3, 0.4) is 0 Å². The van der Waals surface area contributed by atoms with Crippen LogP contribution in [0.25, 0.3) is 0 Å².